The lowest BCUT2D eigenvalue weighted by atomic mass is 10.3. The molecule has 0 radical (unpaired) electrons. The van der Waals surface area contributed by atoms with Crippen LogP contribution in [0.4, 0.5) is 8.78 Å². The van der Waals surface area contributed by atoms with Crippen LogP contribution in [0, 0.1) is 0 Å². The van der Waals surface area contributed by atoms with Gasteiger partial charge in [0.05, 0.1) is 18.4 Å². The molecule has 0 aromatic carbocycles. The topological polar surface area (TPSA) is 63.7 Å². The predicted molar refractivity (Wildman–Crippen MR) is 90.5 cm³/mol. The van der Waals surface area contributed by atoms with E-state index in [1.165, 1.54) is 12.3 Å². The van der Waals surface area contributed by atoms with Crippen molar-refractivity contribution in [2.45, 2.75) is 13.2 Å². The van der Waals surface area contributed by atoms with Crippen molar-refractivity contribution in [2.75, 3.05) is 24.6 Å². The van der Waals surface area contributed by atoms with Crippen molar-refractivity contribution in [1.82, 2.24) is 9.88 Å². The number of nitrogens with zero attached hydrogens (tertiary/aromatic N) is 3. The van der Waals surface area contributed by atoms with Crippen molar-refractivity contribution < 1.29 is 13.5 Å². The summed E-state index contributed by atoms with van der Waals surface area (Å²) < 4.78 is 28.2. The van der Waals surface area contributed by atoms with E-state index in [1.54, 1.807) is 6.07 Å². The molecule has 1 aliphatic rings. The van der Waals surface area contributed by atoms with E-state index in [0.29, 0.717) is 18.2 Å². The maximum absolute atomic E-state index is 12.0. The van der Waals surface area contributed by atoms with Crippen molar-refractivity contribution in [3.05, 3.63) is 24.0 Å². The molecule has 0 unspecified atom stereocenters. The molecule has 0 amide bonds. The first-order valence-electron chi connectivity index (χ1n) is 6.17. The Kier molecular flexibility index (Phi) is 8.01. The second kappa shape index (κ2) is 9.23. The Balaban J connectivity index is 0.00000220. The Morgan fingerprint density at radius 2 is 2.14 bits per heavy atom. The molecule has 0 bridgehead atoms. The lowest BCUT2D eigenvalue weighted by Crippen LogP contribution is -2.42. The summed E-state index contributed by atoms with van der Waals surface area (Å²) in [5.41, 5.74) is 6.56. The van der Waals surface area contributed by atoms with E-state index in [9.17, 15) is 8.78 Å². The Labute approximate surface area is 143 Å². The first kappa shape index (κ1) is 18.2. The molecule has 2 rings (SSSR count). The van der Waals surface area contributed by atoms with Gasteiger partial charge in [0, 0.05) is 24.6 Å². The van der Waals surface area contributed by atoms with Gasteiger partial charge in [-0.3, -0.25) is 4.98 Å². The van der Waals surface area contributed by atoms with Crippen LogP contribution in [0.5, 0.6) is 5.75 Å². The fraction of sp³-hybridized carbons (Fsp3) is 0.500. The van der Waals surface area contributed by atoms with Gasteiger partial charge in [0.15, 0.2) is 5.96 Å². The summed E-state index contributed by atoms with van der Waals surface area (Å²) in [7, 11) is 0. The normalized spacial score (nSPS) is 15.8. The van der Waals surface area contributed by atoms with E-state index in [4.69, 9.17) is 5.73 Å². The quantitative estimate of drug-likeness (QED) is 0.451. The number of thioether (sulfide) groups is 1. The number of aliphatic imine (C=N–C) groups is 1. The van der Waals surface area contributed by atoms with E-state index in [-0.39, 0.29) is 29.7 Å². The highest BCUT2D eigenvalue weighted by molar-refractivity contribution is 14.0. The maximum atomic E-state index is 12.0. The van der Waals surface area contributed by atoms with Crippen LogP contribution in [0.25, 0.3) is 0 Å². The molecule has 1 fully saturated rings. The molecule has 9 heteroatoms. The number of alkyl halides is 2. The molecule has 21 heavy (non-hydrogen) atoms. The van der Waals surface area contributed by atoms with Gasteiger partial charge in [-0.15, -0.1) is 24.0 Å². The molecule has 1 aromatic rings. The Morgan fingerprint density at radius 1 is 1.43 bits per heavy atom. The minimum atomic E-state index is -2.84. The molecular formula is C12H17F2IN4OS. The fourth-order valence-corrected chi connectivity index (χ4v) is 2.63. The number of aromatic nitrogens is 1. The average Bonchev–Trinajstić information content (AvgIpc) is 2.46. The molecule has 0 aliphatic carbocycles. The molecule has 1 aliphatic heterocycles. The molecule has 118 valence electrons. The summed E-state index contributed by atoms with van der Waals surface area (Å²) in [6, 6.07) is 3.04. The first-order valence-corrected chi connectivity index (χ1v) is 7.33. The highest BCUT2D eigenvalue weighted by Gasteiger charge is 2.12. The Bertz CT molecular complexity index is 455. The molecule has 2 heterocycles. The Hall–Kier alpha value is -0.840. The number of nitrogens with two attached hydrogens (primary N) is 1. The molecule has 2 N–H and O–H groups in total. The molecule has 5 nitrogen and oxygen atoms in total. The largest absolute Gasteiger partial charge is 0.433 e. The van der Waals surface area contributed by atoms with Crippen molar-refractivity contribution in [1.29, 1.82) is 0 Å². The second-order valence-electron chi connectivity index (χ2n) is 4.14. The molecule has 0 atom stereocenters. The summed E-state index contributed by atoms with van der Waals surface area (Å²) in [5, 5.41) is 0. The van der Waals surface area contributed by atoms with Crippen LogP contribution in [0.15, 0.2) is 23.3 Å². The predicted octanol–water partition coefficient (Wildman–Crippen LogP) is 2.16. The van der Waals surface area contributed by atoms with Crippen LogP contribution in [0.1, 0.15) is 5.69 Å². The smallest absolute Gasteiger partial charge is 0.387 e. The zero-order valence-electron chi connectivity index (χ0n) is 11.2. The highest BCUT2D eigenvalue weighted by Crippen LogP contribution is 2.13. The van der Waals surface area contributed by atoms with Crippen LogP contribution in [-0.2, 0) is 6.54 Å². The lowest BCUT2D eigenvalue weighted by Gasteiger charge is -2.27. The van der Waals surface area contributed by atoms with Crippen LogP contribution in [0.2, 0.25) is 0 Å². The van der Waals surface area contributed by atoms with E-state index >= 15 is 0 Å². The van der Waals surface area contributed by atoms with Gasteiger partial charge >= 0.3 is 6.61 Å². The summed E-state index contributed by atoms with van der Waals surface area (Å²) >= 11 is 1.90. The van der Waals surface area contributed by atoms with Crippen LogP contribution in [-0.4, -0.2) is 47.1 Å². The number of ether oxygens (including phenoxy) is 1. The van der Waals surface area contributed by atoms with Crippen molar-refractivity contribution in [2.24, 2.45) is 10.7 Å². The molecule has 0 spiro atoms. The number of hydrogen-bond donors (Lipinski definition) is 1. The third kappa shape index (κ3) is 6.20. The minimum absolute atomic E-state index is 0. The van der Waals surface area contributed by atoms with Crippen molar-refractivity contribution >= 4 is 41.7 Å². The van der Waals surface area contributed by atoms with Gasteiger partial charge in [0.25, 0.3) is 0 Å². The second-order valence-corrected chi connectivity index (χ2v) is 5.36. The first-order chi connectivity index (χ1) is 9.65. The summed E-state index contributed by atoms with van der Waals surface area (Å²) in [5.74, 6) is 2.64. The van der Waals surface area contributed by atoms with Crippen LogP contribution in [0.3, 0.4) is 0 Å². The number of hydrogen-bond acceptors (Lipinski definition) is 4. The van der Waals surface area contributed by atoms with E-state index < -0.39 is 6.61 Å². The molecule has 0 saturated carbocycles. The van der Waals surface area contributed by atoms with E-state index in [1.807, 2.05) is 16.7 Å². The van der Waals surface area contributed by atoms with E-state index in [2.05, 4.69) is 14.7 Å². The standard InChI is InChI=1S/C12H16F2N4OS.HI/c13-11(14)19-10-2-1-9(16-8-10)7-17-12(15)18-3-5-20-6-4-18;/h1-2,8,11H,3-7H2,(H2,15,17);1H. The van der Waals surface area contributed by atoms with Crippen LogP contribution >= 0.6 is 35.7 Å². The van der Waals surface area contributed by atoms with Gasteiger partial charge in [0.1, 0.15) is 5.75 Å². The molecule has 1 aromatic heterocycles. The summed E-state index contributed by atoms with van der Waals surface area (Å²) in [4.78, 5) is 10.3. The maximum Gasteiger partial charge on any atom is 0.387 e. The van der Waals surface area contributed by atoms with Gasteiger partial charge < -0.3 is 15.4 Å². The lowest BCUT2D eigenvalue weighted by molar-refractivity contribution is -0.0500. The minimum Gasteiger partial charge on any atom is -0.433 e. The number of pyridine rings is 1. The molecule has 1 saturated heterocycles. The molecular weight excluding hydrogens is 413 g/mol. The van der Waals surface area contributed by atoms with E-state index in [0.717, 1.165) is 24.6 Å². The third-order valence-electron chi connectivity index (χ3n) is 2.76. The third-order valence-corrected chi connectivity index (χ3v) is 3.70. The van der Waals surface area contributed by atoms with Gasteiger partial charge in [-0.05, 0) is 12.1 Å². The highest BCUT2D eigenvalue weighted by atomic mass is 127. The van der Waals surface area contributed by atoms with Crippen molar-refractivity contribution in [3.63, 3.8) is 0 Å². The SMILES string of the molecule is I.NC(=NCc1ccc(OC(F)F)cn1)N1CCSCC1. The number of halogens is 3. The number of guanidine groups is 1. The van der Waals surface area contributed by atoms with Gasteiger partial charge in [-0.25, -0.2) is 4.99 Å². The number of rotatable bonds is 4. The Morgan fingerprint density at radius 3 is 2.71 bits per heavy atom. The average molecular weight is 430 g/mol. The van der Waals surface area contributed by atoms with Gasteiger partial charge in [-0.1, -0.05) is 0 Å². The fourth-order valence-electron chi connectivity index (χ4n) is 1.73. The monoisotopic (exact) mass is 430 g/mol. The van der Waals surface area contributed by atoms with Gasteiger partial charge in [-0.2, -0.15) is 20.5 Å². The summed E-state index contributed by atoms with van der Waals surface area (Å²) in [6.07, 6.45) is 1.25. The van der Waals surface area contributed by atoms with Gasteiger partial charge in [0.2, 0.25) is 0 Å². The van der Waals surface area contributed by atoms with Crippen molar-refractivity contribution in [3.8, 4) is 5.75 Å². The van der Waals surface area contributed by atoms with Crippen LogP contribution < -0.4 is 10.5 Å². The zero-order chi connectivity index (χ0) is 14.4. The zero-order valence-corrected chi connectivity index (χ0v) is 14.4. The summed E-state index contributed by atoms with van der Waals surface area (Å²) in [6.45, 7) is -0.721.